The Bertz CT molecular complexity index is 518. The number of aliphatic hydroxyl groups excluding tert-OH is 1. The first-order valence-corrected chi connectivity index (χ1v) is 8.16. The number of rotatable bonds is 5. The Morgan fingerprint density at radius 1 is 1.33 bits per heavy atom. The summed E-state index contributed by atoms with van der Waals surface area (Å²) < 4.78 is 0. The third kappa shape index (κ3) is 2.48. The predicted molar refractivity (Wildman–Crippen MR) is 83.1 cm³/mol. The van der Waals surface area contributed by atoms with E-state index in [9.17, 15) is 9.90 Å². The van der Waals surface area contributed by atoms with Crippen LogP contribution in [-0.2, 0) is 10.2 Å². The van der Waals surface area contributed by atoms with Gasteiger partial charge in [-0.05, 0) is 44.6 Å². The standard InChI is InChI=1S/C18H25NO2/c1-14-5-2-6-15(13-14)18(9-4-10-18)17(21)19(11-12-20)16-7-3-8-16/h2,5-6,13,16,20H,3-4,7-12H2,1H3. The molecular formula is C18H25NO2. The molecule has 0 spiro atoms. The lowest BCUT2D eigenvalue weighted by Gasteiger charge is -2.48. The topological polar surface area (TPSA) is 40.5 Å². The van der Waals surface area contributed by atoms with E-state index in [0.29, 0.717) is 12.6 Å². The van der Waals surface area contributed by atoms with Crippen molar-refractivity contribution < 1.29 is 9.90 Å². The van der Waals surface area contributed by atoms with Crippen LogP contribution in [0.25, 0.3) is 0 Å². The third-order valence-electron chi connectivity index (χ3n) is 5.30. The summed E-state index contributed by atoms with van der Waals surface area (Å²) in [5, 5.41) is 9.33. The fourth-order valence-electron chi connectivity index (χ4n) is 3.63. The van der Waals surface area contributed by atoms with Crippen molar-refractivity contribution in [2.75, 3.05) is 13.2 Å². The van der Waals surface area contributed by atoms with Gasteiger partial charge in [-0.25, -0.2) is 0 Å². The van der Waals surface area contributed by atoms with Crippen molar-refractivity contribution in [2.24, 2.45) is 0 Å². The second-order valence-corrected chi connectivity index (χ2v) is 6.61. The van der Waals surface area contributed by atoms with Crippen LogP contribution in [0, 0.1) is 6.92 Å². The zero-order chi connectivity index (χ0) is 14.9. The Morgan fingerprint density at radius 2 is 2.10 bits per heavy atom. The van der Waals surface area contributed by atoms with E-state index in [2.05, 4.69) is 31.2 Å². The second-order valence-electron chi connectivity index (χ2n) is 6.61. The summed E-state index contributed by atoms with van der Waals surface area (Å²) in [6.07, 6.45) is 6.41. The van der Waals surface area contributed by atoms with Gasteiger partial charge in [-0.1, -0.05) is 36.2 Å². The molecule has 1 N–H and O–H groups in total. The van der Waals surface area contributed by atoms with E-state index in [1.54, 1.807) is 0 Å². The van der Waals surface area contributed by atoms with E-state index < -0.39 is 0 Å². The number of aryl methyl sites for hydroxylation is 1. The quantitative estimate of drug-likeness (QED) is 0.904. The first-order chi connectivity index (χ1) is 10.2. The summed E-state index contributed by atoms with van der Waals surface area (Å²) in [4.78, 5) is 15.2. The van der Waals surface area contributed by atoms with Crippen LogP contribution in [0.5, 0.6) is 0 Å². The van der Waals surface area contributed by atoms with Crippen molar-refractivity contribution in [3.05, 3.63) is 35.4 Å². The van der Waals surface area contributed by atoms with Crippen molar-refractivity contribution in [3.8, 4) is 0 Å². The highest BCUT2D eigenvalue weighted by Crippen LogP contribution is 2.46. The highest BCUT2D eigenvalue weighted by atomic mass is 16.3. The third-order valence-corrected chi connectivity index (χ3v) is 5.30. The van der Waals surface area contributed by atoms with Gasteiger partial charge < -0.3 is 10.0 Å². The summed E-state index contributed by atoms with van der Waals surface area (Å²) in [5.74, 6) is 0.248. The van der Waals surface area contributed by atoms with Gasteiger partial charge in [-0.15, -0.1) is 0 Å². The number of nitrogens with zero attached hydrogens (tertiary/aromatic N) is 1. The molecular weight excluding hydrogens is 262 g/mol. The van der Waals surface area contributed by atoms with Gasteiger partial charge >= 0.3 is 0 Å². The van der Waals surface area contributed by atoms with Crippen LogP contribution in [0.4, 0.5) is 0 Å². The van der Waals surface area contributed by atoms with Crippen molar-refractivity contribution in [1.29, 1.82) is 0 Å². The summed E-state index contributed by atoms with van der Waals surface area (Å²) in [6, 6.07) is 8.75. The van der Waals surface area contributed by atoms with Crippen molar-refractivity contribution in [2.45, 2.75) is 56.9 Å². The molecule has 2 saturated carbocycles. The Kier molecular flexibility index (Phi) is 4.03. The zero-order valence-electron chi connectivity index (χ0n) is 12.8. The van der Waals surface area contributed by atoms with Gasteiger partial charge in [0.05, 0.1) is 12.0 Å². The zero-order valence-corrected chi connectivity index (χ0v) is 12.8. The largest absolute Gasteiger partial charge is 0.395 e. The van der Waals surface area contributed by atoms with Gasteiger partial charge in [-0.2, -0.15) is 0 Å². The van der Waals surface area contributed by atoms with Crippen LogP contribution in [-0.4, -0.2) is 35.1 Å². The summed E-state index contributed by atoms with van der Waals surface area (Å²) in [5.41, 5.74) is 2.06. The maximum atomic E-state index is 13.2. The number of aliphatic hydroxyl groups is 1. The molecule has 2 aliphatic rings. The fourth-order valence-corrected chi connectivity index (χ4v) is 3.63. The van der Waals surface area contributed by atoms with Crippen LogP contribution in [0.2, 0.25) is 0 Å². The number of benzene rings is 1. The molecule has 0 radical (unpaired) electrons. The van der Waals surface area contributed by atoms with Gasteiger partial charge in [0, 0.05) is 12.6 Å². The number of carbonyl (C=O) groups excluding carboxylic acids is 1. The van der Waals surface area contributed by atoms with E-state index >= 15 is 0 Å². The van der Waals surface area contributed by atoms with Crippen LogP contribution >= 0.6 is 0 Å². The smallest absolute Gasteiger partial charge is 0.233 e. The lowest BCUT2D eigenvalue weighted by molar-refractivity contribution is -0.145. The lowest BCUT2D eigenvalue weighted by Crippen LogP contribution is -2.56. The summed E-state index contributed by atoms with van der Waals surface area (Å²) in [7, 11) is 0. The monoisotopic (exact) mass is 287 g/mol. The molecule has 3 rings (SSSR count). The molecule has 2 fully saturated rings. The molecule has 0 aromatic heterocycles. The SMILES string of the molecule is Cc1cccc(C2(C(=O)N(CCO)C3CCC3)CCC2)c1. The van der Waals surface area contributed by atoms with Crippen molar-refractivity contribution in [1.82, 2.24) is 4.90 Å². The van der Waals surface area contributed by atoms with Gasteiger partial charge in [0.25, 0.3) is 0 Å². The first-order valence-electron chi connectivity index (χ1n) is 8.16. The average Bonchev–Trinajstić information content (AvgIpc) is 2.35. The van der Waals surface area contributed by atoms with Gasteiger partial charge in [0.1, 0.15) is 0 Å². The van der Waals surface area contributed by atoms with E-state index in [1.165, 1.54) is 17.5 Å². The van der Waals surface area contributed by atoms with Crippen LogP contribution in [0.1, 0.15) is 49.7 Å². The Morgan fingerprint density at radius 3 is 2.57 bits per heavy atom. The van der Waals surface area contributed by atoms with Crippen LogP contribution < -0.4 is 0 Å². The van der Waals surface area contributed by atoms with Crippen molar-refractivity contribution in [3.63, 3.8) is 0 Å². The minimum absolute atomic E-state index is 0.0616. The summed E-state index contributed by atoms with van der Waals surface area (Å²) >= 11 is 0. The first kappa shape index (κ1) is 14.6. The summed E-state index contributed by atoms with van der Waals surface area (Å²) in [6.45, 7) is 2.63. The number of carbonyl (C=O) groups is 1. The molecule has 3 heteroatoms. The molecule has 1 aromatic carbocycles. The molecule has 1 aromatic rings. The van der Waals surface area contributed by atoms with Gasteiger partial charge in [-0.3, -0.25) is 4.79 Å². The minimum Gasteiger partial charge on any atom is -0.395 e. The minimum atomic E-state index is -0.323. The molecule has 0 bridgehead atoms. The normalized spacial score (nSPS) is 20.5. The molecule has 0 heterocycles. The highest BCUT2D eigenvalue weighted by molar-refractivity contribution is 5.89. The van der Waals surface area contributed by atoms with Crippen LogP contribution in [0.3, 0.4) is 0 Å². The molecule has 114 valence electrons. The van der Waals surface area contributed by atoms with E-state index in [1.807, 2.05) is 4.90 Å². The maximum Gasteiger partial charge on any atom is 0.233 e. The Labute approximate surface area is 127 Å². The average molecular weight is 287 g/mol. The van der Waals surface area contributed by atoms with E-state index in [0.717, 1.165) is 32.1 Å². The van der Waals surface area contributed by atoms with Gasteiger partial charge in [0.2, 0.25) is 5.91 Å². The Hall–Kier alpha value is -1.35. The lowest BCUT2D eigenvalue weighted by atomic mass is 9.63. The van der Waals surface area contributed by atoms with Gasteiger partial charge in [0.15, 0.2) is 0 Å². The predicted octanol–water partition coefficient (Wildman–Crippen LogP) is 2.79. The molecule has 0 aliphatic heterocycles. The molecule has 1 amide bonds. The number of hydrogen-bond donors (Lipinski definition) is 1. The number of amides is 1. The van der Waals surface area contributed by atoms with Crippen LogP contribution in [0.15, 0.2) is 24.3 Å². The van der Waals surface area contributed by atoms with E-state index in [4.69, 9.17) is 0 Å². The molecule has 0 atom stereocenters. The Balaban J connectivity index is 1.88. The van der Waals surface area contributed by atoms with Crippen molar-refractivity contribution >= 4 is 5.91 Å². The molecule has 21 heavy (non-hydrogen) atoms. The molecule has 2 aliphatic carbocycles. The fraction of sp³-hybridized carbons (Fsp3) is 0.611. The molecule has 3 nitrogen and oxygen atoms in total. The molecule has 0 saturated heterocycles. The molecule has 0 unspecified atom stereocenters. The maximum absolute atomic E-state index is 13.2. The highest BCUT2D eigenvalue weighted by Gasteiger charge is 2.49. The van der Waals surface area contributed by atoms with E-state index in [-0.39, 0.29) is 17.9 Å². The second kappa shape index (κ2) is 5.80. The number of hydrogen-bond acceptors (Lipinski definition) is 2.